The SMILES string of the molecule is [N-]=[N+]=NCCC(O)C(O)c1ccc(O)cc1C=O. The number of carbonyl (C=O) groups excluding carboxylic acids is 1. The number of rotatable bonds is 6. The molecular formula is C11H13N3O4. The molecule has 0 saturated carbocycles. The second-order valence-electron chi connectivity index (χ2n) is 3.69. The molecule has 1 rings (SSSR count). The summed E-state index contributed by atoms with van der Waals surface area (Å²) in [5.41, 5.74) is 8.41. The Balaban J connectivity index is 2.85. The largest absolute Gasteiger partial charge is 0.508 e. The summed E-state index contributed by atoms with van der Waals surface area (Å²) >= 11 is 0. The van der Waals surface area contributed by atoms with Gasteiger partial charge in [-0.15, -0.1) is 0 Å². The summed E-state index contributed by atoms with van der Waals surface area (Å²) in [6.07, 6.45) is -1.87. The van der Waals surface area contributed by atoms with Crippen molar-refractivity contribution in [1.29, 1.82) is 0 Å². The van der Waals surface area contributed by atoms with E-state index in [0.29, 0.717) is 6.29 Å². The van der Waals surface area contributed by atoms with Crippen LogP contribution in [-0.4, -0.2) is 34.3 Å². The molecule has 0 aliphatic rings. The molecule has 0 saturated heterocycles. The van der Waals surface area contributed by atoms with E-state index in [9.17, 15) is 20.1 Å². The number of hydrogen-bond acceptors (Lipinski definition) is 5. The lowest BCUT2D eigenvalue weighted by Crippen LogP contribution is -2.20. The van der Waals surface area contributed by atoms with Crippen LogP contribution in [0.1, 0.15) is 28.4 Å². The normalized spacial score (nSPS) is 13.4. The molecule has 0 heterocycles. The Morgan fingerprint density at radius 2 is 2.17 bits per heavy atom. The zero-order valence-corrected chi connectivity index (χ0v) is 9.47. The second kappa shape index (κ2) is 6.61. The lowest BCUT2D eigenvalue weighted by molar-refractivity contribution is 0.0147. The van der Waals surface area contributed by atoms with E-state index in [0.717, 1.165) is 0 Å². The van der Waals surface area contributed by atoms with Gasteiger partial charge in [0.05, 0.1) is 6.10 Å². The van der Waals surface area contributed by atoms with Crippen molar-refractivity contribution in [2.24, 2.45) is 5.11 Å². The van der Waals surface area contributed by atoms with E-state index in [4.69, 9.17) is 5.53 Å². The quantitative estimate of drug-likeness (QED) is 0.304. The van der Waals surface area contributed by atoms with Crippen LogP contribution in [0.4, 0.5) is 0 Å². The number of phenolic OH excluding ortho intramolecular Hbond substituents is 1. The van der Waals surface area contributed by atoms with Gasteiger partial charge in [-0.05, 0) is 29.6 Å². The van der Waals surface area contributed by atoms with Gasteiger partial charge >= 0.3 is 0 Å². The van der Waals surface area contributed by atoms with E-state index < -0.39 is 12.2 Å². The molecule has 96 valence electrons. The summed E-state index contributed by atoms with van der Waals surface area (Å²) in [6, 6.07) is 3.87. The highest BCUT2D eigenvalue weighted by Gasteiger charge is 2.20. The Hall–Kier alpha value is -2.08. The molecule has 0 radical (unpaired) electrons. The maximum atomic E-state index is 10.8. The van der Waals surface area contributed by atoms with Crippen molar-refractivity contribution in [3.63, 3.8) is 0 Å². The number of aromatic hydroxyl groups is 1. The minimum atomic E-state index is -1.28. The molecule has 0 amide bonds. The minimum absolute atomic E-state index is 0.0449. The standard InChI is InChI=1S/C11H13N3O4/c12-14-13-4-3-10(17)11(18)9-2-1-8(16)5-7(9)6-15/h1-2,5-6,10-11,16-18H,3-4H2. The van der Waals surface area contributed by atoms with Crippen LogP contribution in [0, 0.1) is 0 Å². The van der Waals surface area contributed by atoms with Crippen molar-refractivity contribution in [1.82, 2.24) is 0 Å². The van der Waals surface area contributed by atoms with E-state index in [2.05, 4.69) is 10.0 Å². The van der Waals surface area contributed by atoms with E-state index in [1.165, 1.54) is 18.2 Å². The first-order valence-electron chi connectivity index (χ1n) is 5.25. The van der Waals surface area contributed by atoms with Gasteiger partial charge in [0.25, 0.3) is 0 Å². The Bertz CT molecular complexity index is 471. The Labute approximate surface area is 103 Å². The first-order chi connectivity index (χ1) is 8.60. The second-order valence-corrected chi connectivity index (χ2v) is 3.69. The number of nitrogens with zero attached hydrogens (tertiary/aromatic N) is 3. The molecule has 7 nitrogen and oxygen atoms in total. The van der Waals surface area contributed by atoms with Crippen LogP contribution in [-0.2, 0) is 0 Å². The fourth-order valence-electron chi connectivity index (χ4n) is 1.53. The number of hydrogen-bond donors (Lipinski definition) is 3. The fraction of sp³-hybridized carbons (Fsp3) is 0.364. The Kier molecular flexibility index (Phi) is 5.13. The number of benzene rings is 1. The number of aliphatic hydroxyl groups is 2. The highest BCUT2D eigenvalue weighted by molar-refractivity contribution is 5.78. The lowest BCUT2D eigenvalue weighted by atomic mass is 9.97. The molecule has 7 heteroatoms. The van der Waals surface area contributed by atoms with Crippen LogP contribution in [0.5, 0.6) is 5.75 Å². The van der Waals surface area contributed by atoms with E-state index in [1.807, 2.05) is 0 Å². The van der Waals surface area contributed by atoms with Gasteiger partial charge in [-0.25, -0.2) is 0 Å². The van der Waals surface area contributed by atoms with Crippen molar-refractivity contribution < 1.29 is 20.1 Å². The molecule has 1 aromatic carbocycles. The summed E-state index contributed by atoms with van der Waals surface area (Å²) in [5.74, 6) is -0.100. The highest BCUT2D eigenvalue weighted by Crippen LogP contribution is 2.24. The van der Waals surface area contributed by atoms with Crippen LogP contribution in [0.15, 0.2) is 23.3 Å². The number of aliphatic hydroxyl groups excluding tert-OH is 2. The number of phenols is 1. The molecule has 1 aromatic rings. The van der Waals surface area contributed by atoms with Gasteiger partial charge in [0.2, 0.25) is 0 Å². The highest BCUT2D eigenvalue weighted by atomic mass is 16.3. The molecular weight excluding hydrogens is 238 g/mol. The molecule has 0 aliphatic carbocycles. The Morgan fingerprint density at radius 3 is 2.78 bits per heavy atom. The van der Waals surface area contributed by atoms with Gasteiger partial charge in [0.1, 0.15) is 11.9 Å². The van der Waals surface area contributed by atoms with E-state index in [1.54, 1.807) is 0 Å². The zero-order chi connectivity index (χ0) is 13.5. The average molecular weight is 251 g/mol. The van der Waals surface area contributed by atoms with Crippen molar-refractivity contribution in [2.45, 2.75) is 18.6 Å². The van der Waals surface area contributed by atoms with Gasteiger partial charge in [-0.1, -0.05) is 11.2 Å². The third-order valence-electron chi connectivity index (χ3n) is 2.47. The van der Waals surface area contributed by atoms with Gasteiger partial charge in [-0.3, -0.25) is 4.79 Å². The maximum absolute atomic E-state index is 10.8. The molecule has 2 atom stereocenters. The maximum Gasteiger partial charge on any atom is 0.150 e. The van der Waals surface area contributed by atoms with Crippen LogP contribution in [0.25, 0.3) is 10.4 Å². The fourth-order valence-corrected chi connectivity index (χ4v) is 1.53. The molecule has 2 unspecified atom stereocenters. The van der Waals surface area contributed by atoms with Crippen molar-refractivity contribution >= 4 is 6.29 Å². The smallest absolute Gasteiger partial charge is 0.150 e. The number of azide groups is 1. The molecule has 0 aromatic heterocycles. The van der Waals surface area contributed by atoms with Crippen LogP contribution < -0.4 is 0 Å². The first kappa shape index (κ1) is 14.0. The van der Waals surface area contributed by atoms with Gasteiger partial charge < -0.3 is 15.3 Å². The molecule has 0 spiro atoms. The van der Waals surface area contributed by atoms with Crippen LogP contribution >= 0.6 is 0 Å². The Morgan fingerprint density at radius 1 is 1.44 bits per heavy atom. The van der Waals surface area contributed by atoms with E-state index in [-0.39, 0.29) is 29.8 Å². The van der Waals surface area contributed by atoms with Gasteiger partial charge in [0.15, 0.2) is 6.29 Å². The summed E-state index contributed by atoms with van der Waals surface area (Å²) in [6.45, 7) is 0.0449. The molecule has 0 aliphatic heterocycles. The third-order valence-corrected chi connectivity index (χ3v) is 2.47. The monoisotopic (exact) mass is 251 g/mol. The predicted molar refractivity (Wildman–Crippen MR) is 63.1 cm³/mol. The van der Waals surface area contributed by atoms with Gasteiger partial charge in [0, 0.05) is 17.0 Å². The lowest BCUT2D eigenvalue weighted by Gasteiger charge is -2.18. The van der Waals surface area contributed by atoms with Gasteiger partial charge in [-0.2, -0.15) is 0 Å². The summed E-state index contributed by atoms with van der Waals surface area (Å²) in [4.78, 5) is 13.3. The molecule has 0 bridgehead atoms. The van der Waals surface area contributed by atoms with Crippen LogP contribution in [0.2, 0.25) is 0 Å². The topological polar surface area (TPSA) is 127 Å². The zero-order valence-electron chi connectivity index (χ0n) is 9.47. The molecule has 18 heavy (non-hydrogen) atoms. The predicted octanol–water partition coefficient (Wildman–Crippen LogP) is 1.30. The molecule has 3 N–H and O–H groups in total. The minimum Gasteiger partial charge on any atom is -0.508 e. The van der Waals surface area contributed by atoms with Crippen molar-refractivity contribution in [3.8, 4) is 5.75 Å². The average Bonchev–Trinajstić information content (AvgIpc) is 2.37. The summed E-state index contributed by atoms with van der Waals surface area (Å²) in [5, 5.41) is 32.0. The summed E-state index contributed by atoms with van der Waals surface area (Å²) in [7, 11) is 0. The number of aldehydes is 1. The van der Waals surface area contributed by atoms with Crippen LogP contribution in [0.3, 0.4) is 0 Å². The van der Waals surface area contributed by atoms with Crippen molar-refractivity contribution in [3.05, 3.63) is 39.8 Å². The molecule has 0 fully saturated rings. The summed E-state index contributed by atoms with van der Waals surface area (Å²) < 4.78 is 0. The first-order valence-corrected chi connectivity index (χ1v) is 5.25. The van der Waals surface area contributed by atoms with E-state index >= 15 is 0 Å². The van der Waals surface area contributed by atoms with Crippen molar-refractivity contribution in [2.75, 3.05) is 6.54 Å². The number of carbonyl (C=O) groups is 1. The third kappa shape index (κ3) is 3.46.